The van der Waals surface area contributed by atoms with Crippen LogP contribution in [0.5, 0.6) is 0 Å². The number of nitrogens with zero attached hydrogens (tertiary/aromatic N) is 1. The molecule has 1 aromatic heterocycles. The third kappa shape index (κ3) is 2.03. The van der Waals surface area contributed by atoms with Crippen molar-refractivity contribution in [1.29, 1.82) is 0 Å². The maximum absolute atomic E-state index is 10.8. The first-order valence-corrected chi connectivity index (χ1v) is 4.94. The van der Waals surface area contributed by atoms with Crippen LogP contribution in [0.2, 0.25) is 10.0 Å². The number of halogens is 2. The normalized spacial score (nSPS) is 10.3. The SMILES string of the molecule is O=c1ccc(-c2cccc(Cl)c2Cl)n[nH]1. The van der Waals surface area contributed by atoms with Gasteiger partial charge in [0.05, 0.1) is 15.7 Å². The summed E-state index contributed by atoms with van der Waals surface area (Å²) in [6, 6.07) is 8.24. The quantitative estimate of drug-likeness (QED) is 0.834. The van der Waals surface area contributed by atoms with Crippen molar-refractivity contribution in [1.82, 2.24) is 10.2 Å². The van der Waals surface area contributed by atoms with Crippen molar-refractivity contribution in [3.8, 4) is 11.3 Å². The zero-order chi connectivity index (χ0) is 10.8. The predicted molar refractivity (Wildman–Crippen MR) is 60.3 cm³/mol. The van der Waals surface area contributed by atoms with E-state index in [1.807, 2.05) is 0 Å². The van der Waals surface area contributed by atoms with E-state index in [1.165, 1.54) is 6.07 Å². The van der Waals surface area contributed by atoms with E-state index in [-0.39, 0.29) is 5.56 Å². The van der Waals surface area contributed by atoms with Gasteiger partial charge in [0.15, 0.2) is 0 Å². The Bertz CT molecular complexity index is 531. The van der Waals surface area contributed by atoms with Crippen molar-refractivity contribution in [2.24, 2.45) is 0 Å². The van der Waals surface area contributed by atoms with Crippen LogP contribution in [0.3, 0.4) is 0 Å². The van der Waals surface area contributed by atoms with Crippen molar-refractivity contribution in [3.63, 3.8) is 0 Å². The van der Waals surface area contributed by atoms with Crippen molar-refractivity contribution in [3.05, 3.63) is 50.7 Å². The highest BCUT2D eigenvalue weighted by molar-refractivity contribution is 6.43. The van der Waals surface area contributed by atoms with Crippen LogP contribution in [0.25, 0.3) is 11.3 Å². The Morgan fingerprint density at radius 3 is 2.60 bits per heavy atom. The number of aromatic nitrogens is 2. The summed E-state index contributed by atoms with van der Waals surface area (Å²) >= 11 is 11.9. The molecule has 0 aliphatic heterocycles. The molecule has 1 N–H and O–H groups in total. The fourth-order valence-corrected chi connectivity index (χ4v) is 1.59. The van der Waals surface area contributed by atoms with Crippen LogP contribution < -0.4 is 5.56 Å². The molecule has 76 valence electrons. The van der Waals surface area contributed by atoms with Gasteiger partial charge >= 0.3 is 0 Å². The third-order valence-electron chi connectivity index (χ3n) is 1.91. The number of hydrogen-bond acceptors (Lipinski definition) is 2. The lowest BCUT2D eigenvalue weighted by Gasteiger charge is -2.03. The Hall–Kier alpha value is -1.32. The van der Waals surface area contributed by atoms with Crippen LogP contribution in [-0.4, -0.2) is 10.2 Å². The van der Waals surface area contributed by atoms with E-state index in [4.69, 9.17) is 23.2 Å². The first-order valence-electron chi connectivity index (χ1n) is 4.18. The van der Waals surface area contributed by atoms with Gasteiger partial charge < -0.3 is 0 Å². The molecule has 5 heteroatoms. The minimum absolute atomic E-state index is 0.253. The van der Waals surface area contributed by atoms with Gasteiger partial charge in [0, 0.05) is 11.6 Å². The zero-order valence-corrected chi connectivity index (χ0v) is 9.01. The van der Waals surface area contributed by atoms with Gasteiger partial charge in [-0.3, -0.25) is 4.79 Å². The maximum Gasteiger partial charge on any atom is 0.264 e. The molecule has 1 aromatic carbocycles. The fourth-order valence-electron chi connectivity index (χ4n) is 1.20. The monoisotopic (exact) mass is 240 g/mol. The van der Waals surface area contributed by atoms with E-state index in [0.717, 1.165) is 0 Å². The smallest absolute Gasteiger partial charge is 0.264 e. The van der Waals surface area contributed by atoms with Gasteiger partial charge in [-0.15, -0.1) is 0 Å². The summed E-state index contributed by atoms with van der Waals surface area (Å²) in [5.41, 5.74) is 1.03. The highest BCUT2D eigenvalue weighted by atomic mass is 35.5. The summed E-state index contributed by atoms with van der Waals surface area (Å²) in [5, 5.41) is 7.10. The molecular formula is C10H6Cl2N2O. The highest BCUT2D eigenvalue weighted by Gasteiger charge is 2.07. The second-order valence-electron chi connectivity index (χ2n) is 2.91. The third-order valence-corrected chi connectivity index (χ3v) is 2.73. The summed E-state index contributed by atoms with van der Waals surface area (Å²) in [4.78, 5) is 10.8. The molecule has 0 aliphatic rings. The molecule has 0 fully saturated rings. The van der Waals surface area contributed by atoms with Crippen LogP contribution in [-0.2, 0) is 0 Å². The standard InChI is InChI=1S/C10H6Cl2N2O/c11-7-3-1-2-6(10(7)12)8-4-5-9(15)14-13-8/h1-5H,(H,14,15). The number of benzene rings is 1. The Morgan fingerprint density at radius 1 is 1.13 bits per heavy atom. The first-order chi connectivity index (χ1) is 7.18. The number of nitrogens with one attached hydrogen (secondary N) is 1. The van der Waals surface area contributed by atoms with Crippen molar-refractivity contribution < 1.29 is 0 Å². The van der Waals surface area contributed by atoms with Gasteiger partial charge in [-0.2, -0.15) is 5.10 Å². The van der Waals surface area contributed by atoms with Gasteiger partial charge in [0.25, 0.3) is 5.56 Å². The Morgan fingerprint density at radius 2 is 1.93 bits per heavy atom. The number of rotatable bonds is 1. The highest BCUT2D eigenvalue weighted by Crippen LogP contribution is 2.31. The minimum atomic E-state index is -0.253. The molecule has 3 nitrogen and oxygen atoms in total. The van der Waals surface area contributed by atoms with Gasteiger partial charge in [-0.25, -0.2) is 5.10 Å². The van der Waals surface area contributed by atoms with Crippen LogP contribution >= 0.6 is 23.2 Å². The lowest BCUT2D eigenvalue weighted by molar-refractivity contribution is 0.995. The molecule has 0 atom stereocenters. The first kappa shape index (κ1) is 10.2. The molecule has 1 heterocycles. The molecule has 0 aliphatic carbocycles. The molecule has 0 bridgehead atoms. The largest absolute Gasteiger partial charge is 0.268 e. The Balaban J connectivity index is 2.59. The molecule has 0 spiro atoms. The molecule has 0 radical (unpaired) electrons. The molecular weight excluding hydrogens is 235 g/mol. The summed E-state index contributed by atoms with van der Waals surface area (Å²) in [6.07, 6.45) is 0. The van der Waals surface area contributed by atoms with Crippen LogP contribution in [0.15, 0.2) is 35.1 Å². The molecule has 2 rings (SSSR count). The van der Waals surface area contributed by atoms with Gasteiger partial charge in [0.2, 0.25) is 0 Å². The lowest BCUT2D eigenvalue weighted by Crippen LogP contribution is -2.05. The van der Waals surface area contributed by atoms with Gasteiger partial charge in [0.1, 0.15) is 0 Å². The molecule has 2 aromatic rings. The van der Waals surface area contributed by atoms with Crippen LogP contribution in [0.4, 0.5) is 0 Å². The number of H-pyrrole nitrogens is 1. The fraction of sp³-hybridized carbons (Fsp3) is 0. The Labute approximate surface area is 95.7 Å². The summed E-state index contributed by atoms with van der Waals surface area (Å²) in [6.45, 7) is 0. The summed E-state index contributed by atoms with van der Waals surface area (Å²) in [5.74, 6) is 0. The molecule has 0 saturated carbocycles. The second-order valence-corrected chi connectivity index (χ2v) is 3.69. The predicted octanol–water partition coefficient (Wildman–Crippen LogP) is 2.74. The maximum atomic E-state index is 10.8. The van der Waals surface area contributed by atoms with E-state index in [9.17, 15) is 4.79 Å². The Kier molecular flexibility index (Phi) is 2.75. The summed E-state index contributed by atoms with van der Waals surface area (Å²) < 4.78 is 0. The van der Waals surface area contributed by atoms with Crippen molar-refractivity contribution in [2.45, 2.75) is 0 Å². The van der Waals surface area contributed by atoms with E-state index < -0.39 is 0 Å². The van der Waals surface area contributed by atoms with Crippen molar-refractivity contribution >= 4 is 23.2 Å². The van der Waals surface area contributed by atoms with Gasteiger partial charge in [-0.1, -0.05) is 35.3 Å². The van der Waals surface area contributed by atoms with Crippen molar-refractivity contribution in [2.75, 3.05) is 0 Å². The van der Waals surface area contributed by atoms with E-state index in [2.05, 4.69) is 10.2 Å². The second kappa shape index (κ2) is 4.04. The molecule has 0 unspecified atom stereocenters. The topological polar surface area (TPSA) is 45.8 Å². The summed E-state index contributed by atoms with van der Waals surface area (Å²) in [7, 11) is 0. The van der Waals surface area contributed by atoms with E-state index >= 15 is 0 Å². The molecule has 0 saturated heterocycles. The average molecular weight is 241 g/mol. The minimum Gasteiger partial charge on any atom is -0.268 e. The van der Waals surface area contributed by atoms with Crippen LogP contribution in [0.1, 0.15) is 0 Å². The van der Waals surface area contributed by atoms with E-state index in [1.54, 1.807) is 24.3 Å². The number of aromatic amines is 1. The van der Waals surface area contributed by atoms with Gasteiger partial charge in [-0.05, 0) is 12.1 Å². The van der Waals surface area contributed by atoms with E-state index in [0.29, 0.717) is 21.3 Å². The average Bonchev–Trinajstić information content (AvgIpc) is 2.24. The number of hydrogen-bond donors (Lipinski definition) is 1. The molecule has 0 amide bonds. The lowest BCUT2D eigenvalue weighted by atomic mass is 10.1. The molecule has 15 heavy (non-hydrogen) atoms. The zero-order valence-electron chi connectivity index (χ0n) is 7.50. The van der Waals surface area contributed by atoms with Crippen LogP contribution in [0, 0.1) is 0 Å².